The molecule has 0 amide bonds. The number of hydrogen-bond donors (Lipinski definition) is 0. The van der Waals surface area contributed by atoms with Gasteiger partial charge in [-0.05, 0) is 0 Å². The highest BCUT2D eigenvalue weighted by Crippen LogP contribution is 1.85. The molecule has 0 aliphatic rings. The van der Waals surface area contributed by atoms with Crippen molar-refractivity contribution in [2.75, 3.05) is 99.6 Å². The molecule has 0 radical (unpaired) electrons. The third-order valence-corrected chi connectivity index (χ3v) is 2.93. The maximum Gasteiger partial charge on any atom is 0.413 e. The number of methoxy groups -OCH3 is 1. The highest BCUT2D eigenvalue weighted by Gasteiger charge is 2.01. The summed E-state index contributed by atoms with van der Waals surface area (Å²) in [5, 5.41) is 0. The normalized spacial score (nSPS) is 10.6. The zero-order valence-corrected chi connectivity index (χ0v) is 16.5. The van der Waals surface area contributed by atoms with E-state index in [-0.39, 0.29) is 13.2 Å². The van der Waals surface area contributed by atoms with Crippen LogP contribution in [-0.4, -0.2) is 117 Å². The van der Waals surface area contributed by atoms with Gasteiger partial charge in [-0.3, -0.25) is 0 Å². The minimum Gasteiger partial charge on any atom is -0.455 e. The summed E-state index contributed by atoms with van der Waals surface area (Å²) in [6.45, 7) is 6.31. The molecular weight excluding hydrogens is 376 g/mol. The molecule has 11 heteroatoms. The van der Waals surface area contributed by atoms with Crippen molar-refractivity contribution in [1.82, 2.24) is 0 Å². The molecule has 0 aliphatic heterocycles. The lowest BCUT2D eigenvalue weighted by Gasteiger charge is -2.08. The average molecular weight is 408 g/mol. The maximum absolute atomic E-state index is 10.8. The van der Waals surface area contributed by atoms with Gasteiger partial charge in [0.15, 0.2) is 0 Å². The molecule has 0 N–H and O–H groups in total. The maximum atomic E-state index is 10.8. The van der Waals surface area contributed by atoms with Crippen molar-refractivity contribution >= 4 is 12.2 Å². The lowest BCUT2D eigenvalue weighted by atomic mass is 10.6. The Morgan fingerprint density at radius 2 is 0.964 bits per heavy atom. The van der Waals surface area contributed by atoms with E-state index in [2.05, 4.69) is 9.53 Å². The van der Waals surface area contributed by atoms with Gasteiger partial charge in [0.1, 0.15) is 6.61 Å². The van der Waals surface area contributed by atoms with Crippen LogP contribution >= 0.6 is 0 Å². The van der Waals surface area contributed by atoms with Crippen LogP contribution in [0.1, 0.15) is 0 Å². The summed E-state index contributed by atoms with van der Waals surface area (Å²) in [5.74, 6) is -0.723. The second-order valence-corrected chi connectivity index (χ2v) is 5.08. The third kappa shape index (κ3) is 22.6. The van der Waals surface area contributed by atoms with E-state index < -0.39 is 5.97 Å². The molecule has 0 aliphatic carbocycles. The molecule has 0 aromatic carbocycles. The van der Waals surface area contributed by atoms with Gasteiger partial charge in [-0.2, -0.15) is 4.79 Å². The number of rotatable bonds is 22. The molecule has 0 bridgehead atoms. The number of hydrogen-bond acceptors (Lipinski definition) is 9. The molecule has 0 saturated heterocycles. The Hall–Kier alpha value is -1.43. The van der Waals surface area contributed by atoms with Crippen LogP contribution in [0.15, 0.2) is 0 Å². The monoisotopic (exact) mass is 408 g/mol. The summed E-state index contributed by atoms with van der Waals surface area (Å²) in [5.41, 5.74) is 8.10. The fourth-order valence-electron chi connectivity index (χ4n) is 1.63. The van der Waals surface area contributed by atoms with Gasteiger partial charge >= 0.3 is 12.2 Å². The Morgan fingerprint density at radius 1 is 0.643 bits per heavy atom. The second kappa shape index (κ2) is 23.6. The summed E-state index contributed by atoms with van der Waals surface area (Å²) in [4.78, 5) is 13.3. The van der Waals surface area contributed by atoms with Crippen molar-refractivity contribution in [1.29, 1.82) is 0 Å². The van der Waals surface area contributed by atoms with Crippen molar-refractivity contribution in [3.63, 3.8) is 0 Å². The largest absolute Gasteiger partial charge is 0.455 e. The van der Waals surface area contributed by atoms with Crippen LogP contribution in [-0.2, 0) is 42.7 Å². The van der Waals surface area contributed by atoms with Gasteiger partial charge in [0.05, 0.1) is 85.9 Å². The van der Waals surface area contributed by atoms with Gasteiger partial charge in [0.25, 0.3) is 0 Å². The average Bonchev–Trinajstić information content (AvgIpc) is 2.69. The molecule has 0 aromatic heterocycles. The van der Waals surface area contributed by atoms with Crippen LogP contribution < -0.4 is 0 Å². The fourth-order valence-corrected chi connectivity index (χ4v) is 1.63. The first-order valence-corrected chi connectivity index (χ1v) is 9.10. The van der Waals surface area contributed by atoms with Crippen molar-refractivity contribution in [2.45, 2.75) is 0 Å². The highest BCUT2D eigenvalue weighted by molar-refractivity contribution is 6.20. The number of nitrogens with zero attached hydrogens (tertiary/aromatic N) is 2. The van der Waals surface area contributed by atoms with Gasteiger partial charge < -0.3 is 43.4 Å². The summed E-state index contributed by atoms with van der Waals surface area (Å²) in [6, 6.07) is 0. The predicted octanol–water partition coefficient (Wildman–Crippen LogP) is -0.424. The van der Waals surface area contributed by atoms with Gasteiger partial charge in [0, 0.05) is 7.11 Å². The zero-order chi connectivity index (χ0) is 20.5. The van der Waals surface area contributed by atoms with Crippen molar-refractivity contribution < 1.29 is 47.5 Å². The Bertz CT molecular complexity index is 393. The Balaban J connectivity index is 3.05. The van der Waals surface area contributed by atoms with Crippen LogP contribution in [0.5, 0.6) is 0 Å². The topological polar surface area (TPSA) is 127 Å². The summed E-state index contributed by atoms with van der Waals surface area (Å²) >= 11 is 0. The molecule has 0 unspecified atom stereocenters. The van der Waals surface area contributed by atoms with Gasteiger partial charge in [-0.1, -0.05) is 0 Å². The van der Waals surface area contributed by atoms with E-state index in [0.29, 0.717) is 85.5 Å². The standard InChI is InChI=1S/C17H32N2O9/c1-21-2-3-22-4-5-23-6-7-24-8-9-25-10-11-26-12-13-27-14-15-28-17(20)16-19-18/h16H,2-15H2,1H3. The third-order valence-electron chi connectivity index (χ3n) is 2.93. The van der Waals surface area contributed by atoms with Gasteiger partial charge in [-0.15, -0.1) is 0 Å². The first-order valence-electron chi connectivity index (χ1n) is 9.10. The zero-order valence-electron chi connectivity index (χ0n) is 16.5. The summed E-state index contributed by atoms with van der Waals surface area (Å²) in [6.07, 6.45) is 0.671. The Morgan fingerprint density at radius 3 is 1.29 bits per heavy atom. The number of carbonyl (C=O) groups excluding carboxylic acids is 1. The van der Waals surface area contributed by atoms with E-state index >= 15 is 0 Å². The van der Waals surface area contributed by atoms with Crippen molar-refractivity contribution in [2.24, 2.45) is 0 Å². The molecule has 0 atom stereocenters. The fraction of sp³-hybridized carbons (Fsp3) is 0.882. The van der Waals surface area contributed by atoms with Crippen molar-refractivity contribution in [3.8, 4) is 0 Å². The van der Waals surface area contributed by atoms with E-state index in [1.54, 1.807) is 7.11 Å². The lowest BCUT2D eigenvalue weighted by Crippen LogP contribution is -2.15. The van der Waals surface area contributed by atoms with Crippen LogP contribution in [0.25, 0.3) is 5.53 Å². The van der Waals surface area contributed by atoms with Crippen LogP contribution in [0, 0.1) is 0 Å². The highest BCUT2D eigenvalue weighted by atomic mass is 16.6. The minimum absolute atomic E-state index is 0.0845. The van der Waals surface area contributed by atoms with Crippen molar-refractivity contribution in [3.05, 3.63) is 5.53 Å². The molecule has 28 heavy (non-hydrogen) atoms. The molecule has 164 valence electrons. The molecule has 11 nitrogen and oxygen atoms in total. The number of carbonyl (C=O) groups is 1. The lowest BCUT2D eigenvalue weighted by molar-refractivity contribution is -0.140. The quantitative estimate of drug-likeness (QED) is 0.0771. The number of esters is 1. The van der Waals surface area contributed by atoms with Crippen LogP contribution in [0.3, 0.4) is 0 Å². The van der Waals surface area contributed by atoms with E-state index in [9.17, 15) is 4.79 Å². The summed E-state index contributed by atoms with van der Waals surface area (Å²) < 4.78 is 41.3. The smallest absolute Gasteiger partial charge is 0.413 e. The number of ether oxygens (including phenoxy) is 8. The first-order chi connectivity index (χ1) is 13.8. The van der Waals surface area contributed by atoms with E-state index in [4.69, 9.17) is 38.7 Å². The SMILES string of the molecule is COCCOCCOCCOCCOCCOCCOCCOC(=O)C=[N+]=[N-]. The van der Waals surface area contributed by atoms with Crippen LogP contribution in [0.2, 0.25) is 0 Å². The Kier molecular flexibility index (Phi) is 22.4. The first kappa shape index (κ1) is 26.6. The predicted molar refractivity (Wildman–Crippen MR) is 97.4 cm³/mol. The van der Waals surface area contributed by atoms with Gasteiger partial charge in [0.2, 0.25) is 0 Å². The molecular formula is C17H32N2O9. The molecule has 0 heterocycles. The summed E-state index contributed by atoms with van der Waals surface area (Å²) in [7, 11) is 1.63. The van der Waals surface area contributed by atoms with E-state index in [0.717, 1.165) is 0 Å². The molecule has 0 aromatic rings. The second-order valence-electron chi connectivity index (χ2n) is 5.08. The van der Waals surface area contributed by atoms with E-state index in [1.165, 1.54) is 0 Å². The molecule has 0 fully saturated rings. The molecule has 0 rings (SSSR count). The van der Waals surface area contributed by atoms with Crippen LogP contribution in [0.4, 0.5) is 0 Å². The molecule has 0 spiro atoms. The van der Waals surface area contributed by atoms with Gasteiger partial charge in [-0.25, -0.2) is 4.79 Å². The minimum atomic E-state index is -0.723. The van der Waals surface area contributed by atoms with E-state index in [1.807, 2.05) is 0 Å². The Labute approximate surface area is 165 Å². The molecule has 0 saturated carbocycles.